The molecule has 0 aliphatic carbocycles. The summed E-state index contributed by atoms with van der Waals surface area (Å²) in [5, 5.41) is 5.70. The summed E-state index contributed by atoms with van der Waals surface area (Å²) in [5.74, 6) is -0.767. The number of nitrogens with zero attached hydrogens (tertiary/aromatic N) is 2. The number of likely N-dealkylation sites (N-methyl/N-ethyl adjacent to an activating group) is 1. The minimum absolute atomic E-state index is 0.0213. The molecule has 2 aromatic rings. The molecule has 0 saturated carbocycles. The molecule has 3 rings (SSSR count). The number of amides is 4. The Labute approximate surface area is 189 Å². The second-order valence-corrected chi connectivity index (χ2v) is 8.32. The van der Waals surface area contributed by atoms with Gasteiger partial charge in [0.2, 0.25) is 5.91 Å². The largest absolute Gasteiger partial charge is 0.353 e. The summed E-state index contributed by atoms with van der Waals surface area (Å²) in [6.07, 6.45) is 1.37. The highest BCUT2D eigenvalue weighted by Gasteiger charge is 2.51. The van der Waals surface area contributed by atoms with Crippen LogP contribution in [0.15, 0.2) is 54.6 Å². The van der Waals surface area contributed by atoms with E-state index in [2.05, 4.69) is 41.8 Å². The fraction of sp³-hybridized carbons (Fsp3) is 0.400. The van der Waals surface area contributed by atoms with Crippen molar-refractivity contribution in [3.05, 3.63) is 71.3 Å². The predicted molar refractivity (Wildman–Crippen MR) is 124 cm³/mol. The fourth-order valence-corrected chi connectivity index (χ4v) is 4.12. The first-order valence-corrected chi connectivity index (χ1v) is 11.0. The lowest BCUT2D eigenvalue weighted by Crippen LogP contribution is -2.45. The van der Waals surface area contributed by atoms with Crippen LogP contribution in [-0.4, -0.2) is 54.8 Å². The van der Waals surface area contributed by atoms with Crippen LogP contribution in [0.1, 0.15) is 43.0 Å². The topological polar surface area (TPSA) is 81.8 Å². The Kier molecular flexibility index (Phi) is 7.30. The van der Waals surface area contributed by atoms with E-state index in [4.69, 9.17) is 0 Å². The van der Waals surface area contributed by atoms with Crippen LogP contribution in [0.25, 0.3) is 0 Å². The summed E-state index contributed by atoms with van der Waals surface area (Å²) in [6.45, 7) is 4.02. The van der Waals surface area contributed by atoms with Crippen molar-refractivity contribution in [2.24, 2.45) is 0 Å². The van der Waals surface area contributed by atoms with Crippen LogP contribution >= 0.6 is 0 Å². The molecule has 7 nitrogen and oxygen atoms in total. The number of hydrogen-bond acceptors (Lipinski definition) is 4. The minimum Gasteiger partial charge on any atom is -0.353 e. The number of imide groups is 1. The molecule has 2 aromatic carbocycles. The van der Waals surface area contributed by atoms with Crippen LogP contribution < -0.4 is 10.6 Å². The quantitative estimate of drug-likeness (QED) is 0.593. The van der Waals surface area contributed by atoms with Crippen LogP contribution in [0.3, 0.4) is 0 Å². The van der Waals surface area contributed by atoms with E-state index in [0.29, 0.717) is 18.5 Å². The van der Waals surface area contributed by atoms with E-state index < -0.39 is 17.5 Å². The zero-order valence-electron chi connectivity index (χ0n) is 19.2. The van der Waals surface area contributed by atoms with Crippen molar-refractivity contribution in [2.45, 2.75) is 38.3 Å². The lowest BCUT2D eigenvalue weighted by atomic mass is 9.87. The SMILES string of the molecule is CCc1ccc(C(CNC(=O)CN2C(=O)NC(CC)(c3ccccc3)C2=O)N(C)C)cc1. The summed E-state index contributed by atoms with van der Waals surface area (Å²) in [7, 11) is 3.91. The minimum atomic E-state index is -1.13. The van der Waals surface area contributed by atoms with Gasteiger partial charge in [0.25, 0.3) is 5.91 Å². The number of rotatable bonds is 9. The molecule has 2 N–H and O–H groups in total. The van der Waals surface area contributed by atoms with Crippen molar-refractivity contribution in [2.75, 3.05) is 27.2 Å². The van der Waals surface area contributed by atoms with Gasteiger partial charge in [0, 0.05) is 6.54 Å². The lowest BCUT2D eigenvalue weighted by molar-refractivity contribution is -0.135. The first-order valence-electron chi connectivity index (χ1n) is 11.0. The number of nitrogens with one attached hydrogen (secondary N) is 2. The van der Waals surface area contributed by atoms with Gasteiger partial charge >= 0.3 is 6.03 Å². The molecule has 0 radical (unpaired) electrons. The number of benzene rings is 2. The fourth-order valence-electron chi connectivity index (χ4n) is 4.12. The van der Waals surface area contributed by atoms with Gasteiger partial charge in [0.15, 0.2) is 0 Å². The normalized spacial score (nSPS) is 19.2. The second kappa shape index (κ2) is 9.96. The number of carbonyl (C=O) groups is 3. The van der Waals surface area contributed by atoms with E-state index >= 15 is 0 Å². The number of carbonyl (C=O) groups excluding carboxylic acids is 3. The first-order chi connectivity index (χ1) is 15.3. The number of urea groups is 1. The highest BCUT2D eigenvalue weighted by molar-refractivity contribution is 6.09. The maximum Gasteiger partial charge on any atom is 0.325 e. The number of aryl methyl sites for hydroxylation is 1. The Hall–Kier alpha value is -3.19. The van der Waals surface area contributed by atoms with Crippen LogP contribution in [0.2, 0.25) is 0 Å². The Morgan fingerprint density at radius 1 is 1.06 bits per heavy atom. The van der Waals surface area contributed by atoms with Crippen molar-refractivity contribution in [3.63, 3.8) is 0 Å². The van der Waals surface area contributed by atoms with Crippen LogP contribution in [0, 0.1) is 0 Å². The van der Waals surface area contributed by atoms with E-state index in [1.165, 1.54) is 5.56 Å². The lowest BCUT2D eigenvalue weighted by Gasteiger charge is -2.26. The highest BCUT2D eigenvalue weighted by atomic mass is 16.2. The van der Waals surface area contributed by atoms with Crippen molar-refractivity contribution < 1.29 is 14.4 Å². The van der Waals surface area contributed by atoms with E-state index in [-0.39, 0.29) is 18.5 Å². The van der Waals surface area contributed by atoms with Gasteiger partial charge < -0.3 is 15.5 Å². The molecule has 0 spiro atoms. The van der Waals surface area contributed by atoms with Gasteiger partial charge in [-0.3, -0.25) is 14.5 Å². The predicted octanol–water partition coefficient (Wildman–Crippen LogP) is 2.83. The zero-order valence-corrected chi connectivity index (χ0v) is 19.2. The third kappa shape index (κ3) is 4.67. The van der Waals surface area contributed by atoms with Gasteiger partial charge in [0.05, 0.1) is 6.04 Å². The third-order valence-corrected chi connectivity index (χ3v) is 6.16. The molecule has 0 bridgehead atoms. The monoisotopic (exact) mass is 436 g/mol. The standard InChI is InChI=1S/C25H32N4O3/c1-5-18-12-14-19(15-13-18)21(28(3)4)16-26-22(30)17-29-23(31)25(6-2,27-24(29)32)20-10-8-7-9-11-20/h7-15,21H,5-6,16-17H2,1-4H3,(H,26,30)(H,27,32). The molecular formula is C25H32N4O3. The number of hydrogen-bond donors (Lipinski definition) is 2. The molecule has 32 heavy (non-hydrogen) atoms. The van der Waals surface area contributed by atoms with Crippen LogP contribution in [-0.2, 0) is 21.5 Å². The average Bonchev–Trinajstić information content (AvgIpc) is 3.05. The zero-order chi connectivity index (χ0) is 23.3. The van der Waals surface area contributed by atoms with Crippen molar-refractivity contribution in [1.82, 2.24) is 20.4 Å². The Balaban J connectivity index is 1.67. The van der Waals surface area contributed by atoms with Gasteiger partial charge in [-0.1, -0.05) is 68.4 Å². The summed E-state index contributed by atoms with van der Waals surface area (Å²) < 4.78 is 0. The molecule has 0 aromatic heterocycles. The summed E-state index contributed by atoms with van der Waals surface area (Å²) >= 11 is 0. The summed E-state index contributed by atoms with van der Waals surface area (Å²) in [4.78, 5) is 41.5. The van der Waals surface area contributed by atoms with Crippen LogP contribution in [0.4, 0.5) is 4.79 Å². The van der Waals surface area contributed by atoms with Crippen molar-refractivity contribution >= 4 is 17.8 Å². The second-order valence-electron chi connectivity index (χ2n) is 8.32. The smallest absolute Gasteiger partial charge is 0.325 e. The maximum atomic E-state index is 13.2. The molecule has 1 aliphatic heterocycles. The van der Waals surface area contributed by atoms with E-state index in [0.717, 1.165) is 16.9 Å². The van der Waals surface area contributed by atoms with Gasteiger partial charge in [-0.05, 0) is 43.6 Å². The van der Waals surface area contributed by atoms with E-state index in [1.807, 2.05) is 56.3 Å². The molecule has 1 saturated heterocycles. The highest BCUT2D eigenvalue weighted by Crippen LogP contribution is 2.32. The third-order valence-electron chi connectivity index (χ3n) is 6.16. The molecule has 2 atom stereocenters. The van der Waals surface area contributed by atoms with Gasteiger partial charge in [0.1, 0.15) is 12.1 Å². The van der Waals surface area contributed by atoms with Crippen LogP contribution in [0.5, 0.6) is 0 Å². The maximum absolute atomic E-state index is 13.2. The molecular weight excluding hydrogens is 404 g/mol. The summed E-state index contributed by atoms with van der Waals surface area (Å²) in [6, 6.07) is 16.9. The Bertz CT molecular complexity index is 959. The first kappa shape index (κ1) is 23.5. The molecule has 1 aliphatic rings. The van der Waals surface area contributed by atoms with Crippen molar-refractivity contribution in [1.29, 1.82) is 0 Å². The molecule has 4 amide bonds. The van der Waals surface area contributed by atoms with Gasteiger partial charge in [-0.25, -0.2) is 4.79 Å². The average molecular weight is 437 g/mol. The van der Waals surface area contributed by atoms with E-state index in [1.54, 1.807) is 0 Å². The van der Waals surface area contributed by atoms with Gasteiger partial charge in [-0.15, -0.1) is 0 Å². The molecule has 1 fully saturated rings. The Morgan fingerprint density at radius 2 is 1.72 bits per heavy atom. The molecule has 2 unspecified atom stereocenters. The molecule has 170 valence electrons. The summed E-state index contributed by atoms with van der Waals surface area (Å²) in [5.41, 5.74) is 1.93. The van der Waals surface area contributed by atoms with Gasteiger partial charge in [-0.2, -0.15) is 0 Å². The molecule has 1 heterocycles. The van der Waals surface area contributed by atoms with Crippen molar-refractivity contribution in [3.8, 4) is 0 Å². The molecule has 7 heteroatoms. The Morgan fingerprint density at radius 3 is 2.28 bits per heavy atom. The van der Waals surface area contributed by atoms with E-state index in [9.17, 15) is 14.4 Å².